The molecule has 3 aromatic carbocycles. The summed E-state index contributed by atoms with van der Waals surface area (Å²) in [6, 6.07) is 20.0. The van der Waals surface area contributed by atoms with Crippen molar-refractivity contribution in [2.45, 2.75) is 19.3 Å². The van der Waals surface area contributed by atoms with Gasteiger partial charge in [-0.15, -0.1) is 11.3 Å². The first-order valence-electron chi connectivity index (χ1n) is 11.2. The van der Waals surface area contributed by atoms with E-state index in [1.165, 1.54) is 39.5 Å². The Morgan fingerprint density at radius 3 is 2.20 bits per heavy atom. The molecule has 1 aliphatic carbocycles. The maximum atomic E-state index is 13.1. The number of fused-ring (bicyclic) bond motifs is 6. The van der Waals surface area contributed by atoms with Crippen molar-refractivity contribution >= 4 is 74.0 Å². The minimum atomic E-state index is -0.314. The number of nitrogens with zero attached hydrogens (tertiary/aromatic N) is 1. The Bertz CT molecular complexity index is 1790. The van der Waals surface area contributed by atoms with Gasteiger partial charge in [0.05, 0.1) is 26.7 Å². The van der Waals surface area contributed by atoms with E-state index in [2.05, 4.69) is 66.9 Å². The molecule has 0 radical (unpaired) electrons. The number of hydrogen-bond donors (Lipinski definition) is 0. The molecule has 0 spiro atoms. The van der Waals surface area contributed by atoms with E-state index < -0.39 is 0 Å². The molecule has 170 valence electrons. The lowest BCUT2D eigenvalue weighted by Gasteiger charge is -2.32. The van der Waals surface area contributed by atoms with Crippen LogP contribution in [0.2, 0.25) is 10.0 Å². The maximum absolute atomic E-state index is 13.1. The predicted molar refractivity (Wildman–Crippen MR) is 144 cm³/mol. The van der Waals surface area contributed by atoms with Crippen LogP contribution < -0.4 is 0 Å². The molecular formula is C29H17Cl2NO2S. The summed E-state index contributed by atoms with van der Waals surface area (Å²) >= 11 is 13.8. The van der Waals surface area contributed by atoms with Crippen LogP contribution in [-0.4, -0.2) is 16.1 Å². The Morgan fingerprint density at radius 2 is 1.49 bits per heavy atom. The number of thiophene rings is 1. The second kappa shape index (κ2) is 6.94. The molecular weight excluding hydrogens is 497 g/mol. The van der Waals surface area contributed by atoms with Gasteiger partial charge >= 0.3 is 0 Å². The Kier molecular flexibility index (Phi) is 4.19. The van der Waals surface area contributed by atoms with Crippen molar-refractivity contribution < 1.29 is 9.59 Å². The highest BCUT2D eigenvalue weighted by Gasteiger charge is 2.38. The number of halogens is 2. The van der Waals surface area contributed by atoms with E-state index in [-0.39, 0.29) is 32.6 Å². The molecule has 3 heterocycles. The first kappa shape index (κ1) is 21.1. The van der Waals surface area contributed by atoms with Crippen LogP contribution in [0.4, 0.5) is 0 Å². The average Bonchev–Trinajstić information content (AvgIpc) is 3.47. The number of hydrogen-bond acceptors (Lipinski definition) is 3. The van der Waals surface area contributed by atoms with E-state index in [0.29, 0.717) is 11.1 Å². The third-order valence-electron chi connectivity index (χ3n) is 7.30. The minimum absolute atomic E-state index is 0.148. The van der Waals surface area contributed by atoms with Gasteiger partial charge in [-0.2, -0.15) is 0 Å². The average molecular weight is 514 g/mol. The largest absolute Gasteiger partial charge is 0.300 e. The maximum Gasteiger partial charge on any atom is 0.197 e. The minimum Gasteiger partial charge on any atom is -0.300 e. The number of para-hydroxylation sites is 2. The molecule has 0 N–H and O–H groups in total. The molecule has 2 aliphatic rings. The summed E-state index contributed by atoms with van der Waals surface area (Å²) in [5.74, 6) is -0.627. The Balaban J connectivity index is 1.46. The van der Waals surface area contributed by atoms with Gasteiger partial charge in [0, 0.05) is 32.2 Å². The molecule has 0 fully saturated rings. The molecule has 3 nitrogen and oxygen atoms in total. The van der Waals surface area contributed by atoms with Gasteiger partial charge in [0.25, 0.3) is 0 Å². The van der Waals surface area contributed by atoms with E-state index in [9.17, 15) is 9.59 Å². The van der Waals surface area contributed by atoms with Crippen LogP contribution in [-0.2, 0) is 5.41 Å². The molecule has 7 rings (SSSR count). The number of benzene rings is 3. The van der Waals surface area contributed by atoms with E-state index in [0.717, 1.165) is 15.4 Å². The van der Waals surface area contributed by atoms with Gasteiger partial charge < -0.3 is 4.57 Å². The van der Waals surface area contributed by atoms with Gasteiger partial charge in [-0.25, -0.2) is 0 Å². The summed E-state index contributed by atoms with van der Waals surface area (Å²) in [5.41, 5.74) is 5.34. The zero-order valence-corrected chi connectivity index (χ0v) is 21.1. The topological polar surface area (TPSA) is 39.1 Å². The van der Waals surface area contributed by atoms with Gasteiger partial charge in [0.15, 0.2) is 11.6 Å². The highest BCUT2D eigenvalue weighted by molar-refractivity contribution is 7.15. The highest BCUT2D eigenvalue weighted by atomic mass is 35.5. The summed E-state index contributed by atoms with van der Waals surface area (Å²) in [6.45, 7) is 4.47. The van der Waals surface area contributed by atoms with Crippen LogP contribution in [0.5, 0.6) is 0 Å². The Hall–Kier alpha value is -3.18. The fourth-order valence-electron chi connectivity index (χ4n) is 5.55. The second-order valence-corrected chi connectivity index (χ2v) is 11.5. The van der Waals surface area contributed by atoms with Gasteiger partial charge in [-0.3, -0.25) is 9.59 Å². The number of aromatic nitrogens is 1. The number of carbonyl (C=O) groups excluding carboxylic acids is 2. The molecule has 0 amide bonds. The molecule has 2 aromatic heterocycles. The number of carbonyl (C=O) groups is 2. The standard InChI is InChI=1S/C29H17Cl2NO2S/c1-29(2)20-8-5-7-16-15-6-3-4-9-24(15)32(25(16)20)28-21(29)11-14(35-28)10-19-26(33)17-12-22(30)23(31)13-18(17)27(19)34/h3-13H,1-2H3. The fourth-order valence-corrected chi connectivity index (χ4v) is 7.16. The molecule has 0 saturated carbocycles. The summed E-state index contributed by atoms with van der Waals surface area (Å²) in [6.07, 6.45) is 1.72. The van der Waals surface area contributed by atoms with Crippen LogP contribution >= 0.6 is 34.5 Å². The number of rotatable bonds is 1. The van der Waals surface area contributed by atoms with Crippen molar-refractivity contribution in [3.05, 3.63) is 103 Å². The van der Waals surface area contributed by atoms with Crippen molar-refractivity contribution in [2.24, 2.45) is 0 Å². The lowest BCUT2D eigenvalue weighted by atomic mass is 9.76. The number of Topliss-reactive ketones (excluding diaryl/α,β-unsaturated/α-hetero) is 2. The van der Waals surface area contributed by atoms with Crippen molar-refractivity contribution in [1.82, 2.24) is 4.57 Å². The van der Waals surface area contributed by atoms with Gasteiger partial charge in [0.2, 0.25) is 0 Å². The molecule has 0 saturated heterocycles. The van der Waals surface area contributed by atoms with Crippen LogP contribution in [0.15, 0.2) is 66.2 Å². The normalized spacial score (nSPS) is 15.7. The third kappa shape index (κ3) is 2.68. The molecule has 0 unspecified atom stereocenters. The molecule has 6 heteroatoms. The quantitative estimate of drug-likeness (QED) is 0.167. The Labute approximate surface area is 215 Å². The summed E-state index contributed by atoms with van der Waals surface area (Å²) < 4.78 is 2.33. The highest BCUT2D eigenvalue weighted by Crippen LogP contribution is 2.50. The summed E-state index contributed by atoms with van der Waals surface area (Å²) in [7, 11) is 0. The molecule has 35 heavy (non-hydrogen) atoms. The number of allylic oxidation sites excluding steroid dienone is 1. The summed E-state index contributed by atoms with van der Waals surface area (Å²) in [4.78, 5) is 27.1. The second-order valence-electron chi connectivity index (χ2n) is 9.58. The van der Waals surface area contributed by atoms with Crippen molar-refractivity contribution in [3.63, 3.8) is 0 Å². The van der Waals surface area contributed by atoms with Crippen molar-refractivity contribution in [2.75, 3.05) is 0 Å². The van der Waals surface area contributed by atoms with Crippen LogP contribution in [0, 0.1) is 0 Å². The fraction of sp³-hybridized carbons (Fsp3) is 0.103. The smallest absolute Gasteiger partial charge is 0.197 e. The van der Waals surface area contributed by atoms with Crippen molar-refractivity contribution in [3.8, 4) is 5.00 Å². The zero-order valence-electron chi connectivity index (χ0n) is 18.8. The van der Waals surface area contributed by atoms with Gasteiger partial charge in [-0.1, -0.05) is 73.4 Å². The lowest BCUT2D eigenvalue weighted by Crippen LogP contribution is -2.24. The first-order chi connectivity index (χ1) is 16.8. The van der Waals surface area contributed by atoms with E-state index in [1.807, 2.05) is 0 Å². The zero-order chi connectivity index (χ0) is 24.2. The molecule has 0 bridgehead atoms. The van der Waals surface area contributed by atoms with E-state index in [1.54, 1.807) is 17.4 Å². The van der Waals surface area contributed by atoms with Gasteiger partial charge in [0.1, 0.15) is 5.00 Å². The molecule has 0 atom stereocenters. The monoisotopic (exact) mass is 513 g/mol. The van der Waals surface area contributed by atoms with Crippen molar-refractivity contribution in [1.29, 1.82) is 0 Å². The predicted octanol–water partition coefficient (Wildman–Crippen LogP) is 8.25. The summed E-state index contributed by atoms with van der Waals surface area (Å²) in [5, 5.41) is 4.10. The van der Waals surface area contributed by atoms with Crippen LogP contribution in [0.1, 0.15) is 50.6 Å². The van der Waals surface area contributed by atoms with Crippen LogP contribution in [0.3, 0.4) is 0 Å². The molecule has 1 aliphatic heterocycles. The number of ketones is 2. The van der Waals surface area contributed by atoms with Gasteiger partial charge in [-0.05, 0) is 41.5 Å². The van der Waals surface area contributed by atoms with E-state index >= 15 is 0 Å². The lowest BCUT2D eigenvalue weighted by molar-refractivity contribution is 0.0990. The third-order valence-corrected chi connectivity index (χ3v) is 9.09. The molecule has 5 aromatic rings. The van der Waals surface area contributed by atoms with E-state index in [4.69, 9.17) is 23.2 Å². The Morgan fingerprint density at radius 1 is 0.829 bits per heavy atom. The first-order valence-corrected chi connectivity index (χ1v) is 12.8. The SMILES string of the molecule is CC1(C)c2cc(C=C3C(=O)c4cc(Cl)c(Cl)cc4C3=O)sc2-n2c3ccccc3c3cccc1c32. The van der Waals surface area contributed by atoms with Crippen LogP contribution in [0.25, 0.3) is 32.9 Å².